The number of anilines is 5. The van der Waals surface area contributed by atoms with Gasteiger partial charge in [-0.25, -0.2) is 18.0 Å². The Bertz CT molecular complexity index is 4390. The molecule has 1 fully saturated rings. The Kier molecular flexibility index (Phi) is 23.9. The minimum Gasteiger partial charge on any atom is -0.395 e. The third kappa shape index (κ3) is 19.1. The van der Waals surface area contributed by atoms with E-state index >= 15 is 0 Å². The number of likely N-dealkylation sites (tertiary alicyclic amines) is 1. The molecule has 6 amide bonds. The van der Waals surface area contributed by atoms with Crippen molar-refractivity contribution in [3.63, 3.8) is 0 Å². The highest BCUT2D eigenvalue weighted by Crippen LogP contribution is 2.33. The first-order valence-corrected chi connectivity index (χ1v) is 32.5. The van der Waals surface area contributed by atoms with E-state index in [0.29, 0.717) is 57.9 Å². The van der Waals surface area contributed by atoms with Crippen LogP contribution in [-0.4, -0.2) is 116 Å². The topological polar surface area (TPSA) is 275 Å². The van der Waals surface area contributed by atoms with E-state index < -0.39 is 21.9 Å². The van der Waals surface area contributed by atoms with Crippen molar-refractivity contribution in [2.24, 2.45) is 10.2 Å². The number of aryl methyl sites for hydroxylation is 1. The van der Waals surface area contributed by atoms with Gasteiger partial charge in [0.1, 0.15) is 5.69 Å². The summed E-state index contributed by atoms with van der Waals surface area (Å²) < 4.78 is 27.2. The number of aliphatic hydroxyl groups is 2. The van der Waals surface area contributed by atoms with E-state index in [4.69, 9.17) is 21.8 Å². The molecule has 0 spiro atoms. The lowest BCUT2D eigenvalue weighted by Gasteiger charge is -2.23. The summed E-state index contributed by atoms with van der Waals surface area (Å²) in [7, 11) is -3.83. The maximum atomic E-state index is 13.2. The summed E-state index contributed by atoms with van der Waals surface area (Å²) in [6.45, 7) is 7.78. The number of nitrogens with zero attached hydrogens (tertiary/aromatic N) is 5. The molecule has 0 saturated carbocycles. The minimum absolute atomic E-state index is 0.00354. The number of benzene rings is 10. The van der Waals surface area contributed by atoms with Crippen LogP contribution in [0.5, 0.6) is 0 Å². The molecule has 95 heavy (non-hydrogen) atoms. The first-order valence-electron chi connectivity index (χ1n) is 30.6. The molecule has 10 aromatic rings. The molecule has 20 nitrogen and oxygen atoms in total. The summed E-state index contributed by atoms with van der Waals surface area (Å²) in [4.78, 5) is 65.0. The number of amides is 6. The van der Waals surface area contributed by atoms with Gasteiger partial charge in [-0.2, -0.15) is 5.11 Å². The fourth-order valence-electron chi connectivity index (χ4n) is 10.5. The van der Waals surface area contributed by atoms with E-state index in [2.05, 4.69) is 43.5 Å². The van der Waals surface area contributed by atoms with Crippen LogP contribution >= 0.6 is 11.6 Å². The van der Waals surface area contributed by atoms with Gasteiger partial charge in [0.2, 0.25) is 21.7 Å². The van der Waals surface area contributed by atoms with E-state index in [1.165, 1.54) is 48.5 Å². The van der Waals surface area contributed by atoms with Crippen LogP contribution in [-0.2, 0) is 30.6 Å². The number of hydrogen-bond acceptors (Lipinski definition) is 13. The molecule has 1 saturated heterocycles. The smallest absolute Gasteiger partial charge is 0.323 e. The lowest BCUT2D eigenvalue weighted by atomic mass is 10.0. The second-order valence-corrected chi connectivity index (χ2v) is 24.5. The minimum atomic E-state index is -3.83. The Morgan fingerprint density at radius 1 is 0.579 bits per heavy atom. The third-order valence-corrected chi connectivity index (χ3v) is 17.5. The fraction of sp³-hybridized carbons (Fsp3) is 0.178. The third-order valence-electron chi connectivity index (χ3n) is 15.4. The maximum absolute atomic E-state index is 13.2. The first kappa shape index (κ1) is 68.5. The summed E-state index contributed by atoms with van der Waals surface area (Å²) in [5.41, 5.74) is 6.55. The number of halogens is 1. The molecule has 22 heteroatoms. The molecule has 1 aliphatic heterocycles. The second-order valence-electron chi connectivity index (χ2n) is 22.2. The van der Waals surface area contributed by atoms with Crippen molar-refractivity contribution in [2.75, 3.05) is 72.1 Å². The number of carbonyl (C=O) groups is 5. The van der Waals surface area contributed by atoms with Crippen LogP contribution in [0.15, 0.2) is 232 Å². The molecule has 0 aliphatic carbocycles. The zero-order valence-electron chi connectivity index (χ0n) is 52.1. The van der Waals surface area contributed by atoms with Gasteiger partial charge in [-0.1, -0.05) is 127 Å². The summed E-state index contributed by atoms with van der Waals surface area (Å²) in [6, 6.07) is 62.1. The molecule has 0 bridgehead atoms. The highest BCUT2D eigenvalue weighted by Gasteiger charge is 2.21. The van der Waals surface area contributed by atoms with E-state index in [0.717, 1.165) is 79.8 Å². The predicted octanol–water partition coefficient (Wildman–Crippen LogP) is 14.2. The highest BCUT2D eigenvalue weighted by atomic mass is 35.5. The van der Waals surface area contributed by atoms with Crippen molar-refractivity contribution in [1.29, 1.82) is 0 Å². The van der Waals surface area contributed by atoms with Crippen LogP contribution in [0.25, 0.3) is 32.3 Å². The number of carbonyl (C=O) groups excluding carboxylic acids is 5. The average molecular weight is 1320 g/mol. The molecule has 0 atom stereocenters. The Morgan fingerprint density at radius 2 is 1.09 bits per heavy atom. The number of Topliss-reactive ketones (excluding diaryl/α,β-unsaturated/α-hetero) is 1. The van der Waals surface area contributed by atoms with Crippen LogP contribution in [0.2, 0.25) is 5.02 Å². The molecule has 0 unspecified atom stereocenters. The number of azo groups is 1. The van der Waals surface area contributed by atoms with Gasteiger partial charge in [-0.15, -0.1) is 5.11 Å². The van der Waals surface area contributed by atoms with Gasteiger partial charge in [-0.3, -0.25) is 19.6 Å². The SMILES string of the molecule is C=[N+](O)c1ccc(N=Nc2ccc(N(CCO)CCO)cc2C)c(Cl)c1.O=C(CNC(=O)CCC(=O)N1CCCC1)Cc1ccc2ccccc2c1.O=C(Nc1ccc(S(=O)(=O)c2ccc(NC(=O)Nc3cccc4ccccc34)cc2)cc1)Nc1cccc2ccccc12. The number of fused-ring (bicyclic) bond motifs is 3. The van der Waals surface area contributed by atoms with Gasteiger partial charge in [0.05, 0.1) is 51.6 Å². The highest BCUT2D eigenvalue weighted by molar-refractivity contribution is 7.91. The number of nitrogens with one attached hydrogen (secondary N) is 5. The van der Waals surface area contributed by atoms with Gasteiger partial charge in [0.15, 0.2) is 12.5 Å². The molecule has 486 valence electrons. The average Bonchev–Trinajstić information content (AvgIpc) is 0.995. The molecular weight excluding hydrogens is 1240 g/mol. The molecular formula is C73H72ClN10O10S+. The number of ketones is 1. The molecule has 8 N–H and O–H groups in total. The Hall–Kier alpha value is -10.8. The van der Waals surface area contributed by atoms with Gasteiger partial charge in [-0.05, 0) is 137 Å². The van der Waals surface area contributed by atoms with Crippen LogP contribution < -0.4 is 31.5 Å². The zero-order chi connectivity index (χ0) is 67.3. The molecule has 11 rings (SSSR count). The molecule has 10 aromatic carbocycles. The first-order chi connectivity index (χ1) is 45.9. The lowest BCUT2D eigenvalue weighted by Crippen LogP contribution is -2.32. The van der Waals surface area contributed by atoms with E-state index in [1.54, 1.807) is 23.1 Å². The van der Waals surface area contributed by atoms with Crippen LogP contribution in [0.4, 0.5) is 55.1 Å². The van der Waals surface area contributed by atoms with Gasteiger partial charge in [0, 0.05) is 90.1 Å². The summed E-state index contributed by atoms with van der Waals surface area (Å²) >= 11 is 6.14. The molecule has 0 radical (unpaired) electrons. The molecule has 1 heterocycles. The summed E-state index contributed by atoms with van der Waals surface area (Å²) in [5.74, 6) is -0.260. The van der Waals surface area contributed by atoms with Crippen LogP contribution in [0.1, 0.15) is 36.8 Å². The molecule has 0 aromatic heterocycles. The Labute approximate surface area is 555 Å². The van der Waals surface area contributed by atoms with Crippen molar-refractivity contribution < 1.29 is 52.5 Å². The van der Waals surface area contributed by atoms with Crippen LogP contribution in [0, 0.1) is 6.92 Å². The summed E-state index contributed by atoms with van der Waals surface area (Å²) in [6.07, 6.45) is 2.73. The Balaban J connectivity index is 0.000000177. The second kappa shape index (κ2) is 33.1. The number of rotatable bonds is 21. The van der Waals surface area contributed by atoms with Gasteiger partial charge in [0.25, 0.3) is 5.69 Å². The maximum Gasteiger partial charge on any atom is 0.323 e. The van der Waals surface area contributed by atoms with E-state index in [-0.39, 0.29) is 66.4 Å². The van der Waals surface area contributed by atoms with Gasteiger partial charge < -0.3 is 46.6 Å². The van der Waals surface area contributed by atoms with Crippen molar-refractivity contribution in [2.45, 2.75) is 48.8 Å². The fourth-order valence-corrected chi connectivity index (χ4v) is 12.0. The lowest BCUT2D eigenvalue weighted by molar-refractivity contribution is -0.706. The number of aliphatic hydroxyl groups excluding tert-OH is 2. The van der Waals surface area contributed by atoms with Crippen LogP contribution in [0.3, 0.4) is 0 Å². The van der Waals surface area contributed by atoms with Crippen molar-refractivity contribution >= 4 is 136 Å². The monoisotopic (exact) mass is 1320 g/mol. The van der Waals surface area contributed by atoms with Crippen molar-refractivity contribution in [1.82, 2.24) is 10.2 Å². The quantitative estimate of drug-likeness (QED) is 0.0110. The normalized spacial score (nSPS) is 11.9. The van der Waals surface area contributed by atoms with Crippen molar-refractivity contribution in [3.05, 3.63) is 228 Å². The summed E-state index contributed by atoms with van der Waals surface area (Å²) in [5, 5.41) is 56.2. The molecule has 1 aliphatic rings. The largest absolute Gasteiger partial charge is 0.395 e. The van der Waals surface area contributed by atoms with Gasteiger partial charge >= 0.3 is 12.1 Å². The Morgan fingerprint density at radius 3 is 1.63 bits per heavy atom. The zero-order valence-corrected chi connectivity index (χ0v) is 53.7. The standard InChI is InChI=1S/C34H26N4O4S.C21H24N2O3.C18H22ClN4O3/c39-33(37-31-13-5-9-23-7-1-3-11-29(23)31)35-25-15-19-27(20-16-25)43(41,42)28-21-17-26(18-22-28)36-34(40)38-32-14-6-10-24-8-2-4-12-30(24)32;24-19(14-16-7-8-17-5-1-2-6-18(17)13-16)15-22-20(25)9-10-21(26)23-11-3-4-12-23;1-13-11-15(23(7-9-24)8-10-25)4-5-17(13)20-21-18-6-3-14(22(2)26)12-16(18)19/h1-22H,(H2,35,37,39)(H2,36,38,40);1-2,5-8,13H,3-4,9-12,14-15H2,(H,22,25);3-6,11-12,24-26H,2,7-10H2,1H3/q;;+1. The van der Waals surface area contributed by atoms with Crippen molar-refractivity contribution in [3.8, 4) is 0 Å². The van der Waals surface area contributed by atoms with E-state index in [1.807, 2.05) is 157 Å². The number of hydrogen-bond donors (Lipinski definition) is 8. The van der Waals surface area contributed by atoms with E-state index in [9.17, 15) is 37.6 Å². The predicted molar refractivity (Wildman–Crippen MR) is 374 cm³/mol. The number of urea groups is 2. The number of sulfone groups is 1.